The SMILES string of the molecule is Cc1nnc(NC(=O)C2CCCC(N)C2)nc1C. The summed E-state index contributed by atoms with van der Waals surface area (Å²) >= 11 is 0. The van der Waals surface area contributed by atoms with Crippen LogP contribution in [0.3, 0.4) is 0 Å². The van der Waals surface area contributed by atoms with Crippen LogP contribution in [0.1, 0.15) is 37.1 Å². The number of nitrogens with zero attached hydrogens (tertiary/aromatic N) is 3. The first kappa shape index (κ1) is 12.9. The topological polar surface area (TPSA) is 93.8 Å². The highest BCUT2D eigenvalue weighted by atomic mass is 16.2. The van der Waals surface area contributed by atoms with Gasteiger partial charge < -0.3 is 5.73 Å². The molecule has 98 valence electrons. The van der Waals surface area contributed by atoms with E-state index < -0.39 is 0 Å². The molecule has 2 rings (SSSR count). The minimum atomic E-state index is -0.0461. The van der Waals surface area contributed by atoms with Crippen LogP contribution < -0.4 is 11.1 Å². The molecule has 0 saturated heterocycles. The van der Waals surface area contributed by atoms with Gasteiger partial charge in [0.1, 0.15) is 0 Å². The first-order valence-corrected chi connectivity index (χ1v) is 6.30. The Hall–Kier alpha value is -1.56. The lowest BCUT2D eigenvalue weighted by Crippen LogP contribution is -2.34. The van der Waals surface area contributed by atoms with Crippen molar-refractivity contribution >= 4 is 11.9 Å². The summed E-state index contributed by atoms with van der Waals surface area (Å²) in [6.45, 7) is 3.68. The third kappa shape index (κ3) is 3.01. The highest BCUT2D eigenvalue weighted by Crippen LogP contribution is 2.23. The van der Waals surface area contributed by atoms with Crippen LogP contribution in [-0.2, 0) is 4.79 Å². The van der Waals surface area contributed by atoms with Gasteiger partial charge in [-0.1, -0.05) is 6.42 Å². The van der Waals surface area contributed by atoms with Crippen molar-refractivity contribution in [2.75, 3.05) is 5.32 Å². The van der Waals surface area contributed by atoms with E-state index in [0.29, 0.717) is 0 Å². The van der Waals surface area contributed by atoms with Crippen LogP contribution in [0.5, 0.6) is 0 Å². The first-order chi connectivity index (χ1) is 8.56. The van der Waals surface area contributed by atoms with E-state index in [4.69, 9.17) is 5.73 Å². The molecule has 18 heavy (non-hydrogen) atoms. The predicted octanol–water partition coefficient (Wildman–Crippen LogP) is 0.944. The second kappa shape index (κ2) is 5.39. The van der Waals surface area contributed by atoms with Gasteiger partial charge in [0.2, 0.25) is 11.9 Å². The number of hydrogen-bond acceptors (Lipinski definition) is 5. The van der Waals surface area contributed by atoms with Gasteiger partial charge in [0, 0.05) is 12.0 Å². The van der Waals surface area contributed by atoms with Crippen LogP contribution in [0.4, 0.5) is 5.95 Å². The Labute approximate surface area is 106 Å². The van der Waals surface area contributed by atoms with Gasteiger partial charge >= 0.3 is 0 Å². The molecule has 6 nitrogen and oxygen atoms in total. The van der Waals surface area contributed by atoms with Crippen LogP contribution in [-0.4, -0.2) is 27.1 Å². The predicted molar refractivity (Wildman–Crippen MR) is 67.9 cm³/mol. The molecule has 1 amide bonds. The van der Waals surface area contributed by atoms with Crippen molar-refractivity contribution in [2.24, 2.45) is 11.7 Å². The van der Waals surface area contributed by atoms with E-state index in [2.05, 4.69) is 20.5 Å². The normalized spacial score (nSPS) is 23.7. The van der Waals surface area contributed by atoms with E-state index in [-0.39, 0.29) is 23.8 Å². The summed E-state index contributed by atoms with van der Waals surface area (Å²) in [4.78, 5) is 16.2. The number of carbonyl (C=O) groups is 1. The zero-order valence-corrected chi connectivity index (χ0v) is 10.8. The van der Waals surface area contributed by atoms with Crippen molar-refractivity contribution in [3.05, 3.63) is 11.4 Å². The summed E-state index contributed by atoms with van der Waals surface area (Å²) in [5.74, 6) is 0.205. The Balaban J connectivity index is 2.00. The Bertz CT molecular complexity index is 448. The molecule has 0 radical (unpaired) electrons. The average molecular weight is 249 g/mol. The Kier molecular flexibility index (Phi) is 3.86. The van der Waals surface area contributed by atoms with Gasteiger partial charge in [0.05, 0.1) is 11.4 Å². The number of carbonyl (C=O) groups excluding carboxylic acids is 1. The van der Waals surface area contributed by atoms with Gasteiger partial charge in [0.25, 0.3) is 0 Å². The minimum Gasteiger partial charge on any atom is -0.328 e. The summed E-state index contributed by atoms with van der Waals surface area (Å²) < 4.78 is 0. The van der Waals surface area contributed by atoms with Crippen molar-refractivity contribution < 1.29 is 4.79 Å². The molecule has 0 aromatic carbocycles. The molecular formula is C12H19N5O. The van der Waals surface area contributed by atoms with Crippen molar-refractivity contribution in [2.45, 2.75) is 45.6 Å². The summed E-state index contributed by atoms with van der Waals surface area (Å²) in [6.07, 6.45) is 3.64. The second-order valence-electron chi connectivity index (χ2n) is 4.92. The molecule has 2 unspecified atom stereocenters. The molecule has 0 aliphatic heterocycles. The fourth-order valence-electron chi connectivity index (χ4n) is 2.19. The molecule has 6 heteroatoms. The molecule has 1 fully saturated rings. The molecule has 3 N–H and O–H groups in total. The van der Waals surface area contributed by atoms with E-state index in [1.807, 2.05) is 13.8 Å². The van der Waals surface area contributed by atoms with Crippen LogP contribution in [0.25, 0.3) is 0 Å². The quantitative estimate of drug-likeness (QED) is 0.813. The standard InChI is InChI=1S/C12H19N5O/c1-7-8(2)16-17-12(14-7)15-11(18)9-4-3-5-10(13)6-9/h9-10H,3-6,13H2,1-2H3,(H,14,15,17,18). The minimum absolute atomic E-state index is 0.0287. The number of hydrogen-bond donors (Lipinski definition) is 2. The molecule has 2 atom stereocenters. The van der Waals surface area contributed by atoms with Crippen molar-refractivity contribution in [3.63, 3.8) is 0 Å². The van der Waals surface area contributed by atoms with Crippen molar-refractivity contribution in [3.8, 4) is 0 Å². The van der Waals surface area contributed by atoms with Gasteiger partial charge in [0.15, 0.2) is 0 Å². The maximum absolute atomic E-state index is 12.0. The molecule has 0 spiro atoms. The lowest BCUT2D eigenvalue weighted by Gasteiger charge is -2.25. The second-order valence-corrected chi connectivity index (χ2v) is 4.92. The summed E-state index contributed by atoms with van der Waals surface area (Å²) in [7, 11) is 0. The molecule has 1 aromatic heterocycles. The Morgan fingerprint density at radius 3 is 2.72 bits per heavy atom. The monoisotopic (exact) mass is 249 g/mol. The molecule has 0 bridgehead atoms. The van der Waals surface area contributed by atoms with Gasteiger partial charge in [-0.25, -0.2) is 4.98 Å². The summed E-state index contributed by atoms with van der Waals surface area (Å²) in [5.41, 5.74) is 7.43. The Morgan fingerprint density at radius 1 is 1.28 bits per heavy atom. The van der Waals surface area contributed by atoms with E-state index in [1.165, 1.54) is 0 Å². The number of aryl methyl sites for hydroxylation is 2. The summed E-state index contributed by atoms with van der Waals surface area (Å²) in [6, 6.07) is 0.133. The fraction of sp³-hybridized carbons (Fsp3) is 0.667. The zero-order chi connectivity index (χ0) is 13.1. The third-order valence-electron chi connectivity index (χ3n) is 3.41. The number of rotatable bonds is 2. The fourth-order valence-corrected chi connectivity index (χ4v) is 2.19. The maximum Gasteiger partial charge on any atom is 0.249 e. The number of nitrogens with two attached hydrogens (primary N) is 1. The highest BCUT2D eigenvalue weighted by Gasteiger charge is 2.25. The van der Waals surface area contributed by atoms with Crippen LogP contribution >= 0.6 is 0 Å². The van der Waals surface area contributed by atoms with Gasteiger partial charge in [-0.3, -0.25) is 10.1 Å². The number of amides is 1. The van der Waals surface area contributed by atoms with Crippen LogP contribution in [0.2, 0.25) is 0 Å². The zero-order valence-electron chi connectivity index (χ0n) is 10.8. The third-order valence-corrected chi connectivity index (χ3v) is 3.41. The van der Waals surface area contributed by atoms with Gasteiger partial charge in [-0.05, 0) is 33.1 Å². The molecule has 1 aliphatic carbocycles. The first-order valence-electron chi connectivity index (χ1n) is 6.30. The molecule has 1 aromatic rings. The number of anilines is 1. The Morgan fingerprint density at radius 2 is 2.06 bits per heavy atom. The van der Waals surface area contributed by atoms with Crippen LogP contribution in [0.15, 0.2) is 0 Å². The van der Waals surface area contributed by atoms with Gasteiger partial charge in [-0.2, -0.15) is 5.10 Å². The van der Waals surface area contributed by atoms with E-state index in [0.717, 1.165) is 37.1 Å². The highest BCUT2D eigenvalue weighted by molar-refractivity contribution is 5.90. The van der Waals surface area contributed by atoms with E-state index in [1.54, 1.807) is 0 Å². The van der Waals surface area contributed by atoms with Crippen molar-refractivity contribution in [1.82, 2.24) is 15.2 Å². The molecular weight excluding hydrogens is 230 g/mol. The van der Waals surface area contributed by atoms with Crippen LogP contribution in [0, 0.1) is 19.8 Å². The van der Waals surface area contributed by atoms with E-state index in [9.17, 15) is 4.79 Å². The average Bonchev–Trinajstić information content (AvgIpc) is 2.34. The molecule has 1 aliphatic rings. The summed E-state index contributed by atoms with van der Waals surface area (Å²) in [5, 5.41) is 10.5. The number of aromatic nitrogens is 3. The van der Waals surface area contributed by atoms with Crippen molar-refractivity contribution in [1.29, 1.82) is 0 Å². The largest absolute Gasteiger partial charge is 0.328 e. The lowest BCUT2D eigenvalue weighted by molar-refractivity contribution is -0.120. The van der Waals surface area contributed by atoms with E-state index >= 15 is 0 Å². The molecule has 1 saturated carbocycles. The molecule has 1 heterocycles. The maximum atomic E-state index is 12.0. The lowest BCUT2D eigenvalue weighted by atomic mass is 9.85. The number of nitrogens with one attached hydrogen (secondary N) is 1. The smallest absolute Gasteiger partial charge is 0.249 e. The van der Waals surface area contributed by atoms with Gasteiger partial charge in [-0.15, -0.1) is 5.10 Å².